The molecular weight excluding hydrogens is 326 g/mol. The number of benzene rings is 1. The SMILES string of the molecule is CC1CCCN(CCCCNC(=O)C(=O)Nc2ccc(C(C)C)cc2)C1. The zero-order valence-corrected chi connectivity index (χ0v) is 16.4. The first-order valence-electron chi connectivity index (χ1n) is 9.87. The molecule has 0 aromatic heterocycles. The summed E-state index contributed by atoms with van der Waals surface area (Å²) < 4.78 is 0. The van der Waals surface area contributed by atoms with Crippen molar-refractivity contribution in [2.24, 2.45) is 5.92 Å². The Morgan fingerprint density at radius 2 is 1.88 bits per heavy atom. The van der Waals surface area contributed by atoms with E-state index in [0.29, 0.717) is 18.2 Å². The van der Waals surface area contributed by atoms with Crippen LogP contribution < -0.4 is 10.6 Å². The minimum atomic E-state index is -0.604. The fraction of sp³-hybridized carbons (Fsp3) is 0.619. The van der Waals surface area contributed by atoms with Crippen molar-refractivity contribution in [2.75, 3.05) is 31.5 Å². The summed E-state index contributed by atoms with van der Waals surface area (Å²) >= 11 is 0. The number of amides is 2. The molecule has 0 radical (unpaired) electrons. The lowest BCUT2D eigenvalue weighted by Gasteiger charge is -2.30. The summed E-state index contributed by atoms with van der Waals surface area (Å²) in [6.07, 6.45) is 4.57. The molecule has 0 spiro atoms. The van der Waals surface area contributed by atoms with Gasteiger partial charge in [0.25, 0.3) is 0 Å². The molecule has 1 aliphatic heterocycles. The summed E-state index contributed by atoms with van der Waals surface area (Å²) in [6, 6.07) is 7.61. The average Bonchev–Trinajstić information content (AvgIpc) is 2.61. The predicted molar refractivity (Wildman–Crippen MR) is 106 cm³/mol. The minimum absolute atomic E-state index is 0.441. The molecule has 5 heteroatoms. The Hall–Kier alpha value is -1.88. The van der Waals surface area contributed by atoms with Crippen LogP contribution >= 0.6 is 0 Å². The second-order valence-electron chi connectivity index (χ2n) is 7.74. The number of likely N-dealkylation sites (tertiary alicyclic amines) is 1. The third kappa shape index (κ3) is 6.79. The molecular formula is C21H33N3O2. The predicted octanol–water partition coefficient (Wildman–Crippen LogP) is 3.38. The summed E-state index contributed by atoms with van der Waals surface area (Å²) in [7, 11) is 0. The number of anilines is 1. The summed E-state index contributed by atoms with van der Waals surface area (Å²) in [5.41, 5.74) is 1.85. The number of carbonyl (C=O) groups excluding carboxylic acids is 2. The van der Waals surface area contributed by atoms with Gasteiger partial charge in [-0.2, -0.15) is 0 Å². The third-order valence-corrected chi connectivity index (χ3v) is 4.97. The van der Waals surface area contributed by atoms with E-state index in [-0.39, 0.29) is 0 Å². The van der Waals surface area contributed by atoms with Gasteiger partial charge in [-0.3, -0.25) is 9.59 Å². The Bertz CT molecular complexity index is 583. The lowest BCUT2D eigenvalue weighted by Crippen LogP contribution is -2.37. The maximum Gasteiger partial charge on any atom is 0.313 e. The van der Waals surface area contributed by atoms with E-state index in [4.69, 9.17) is 0 Å². The van der Waals surface area contributed by atoms with Crippen LogP contribution in [-0.4, -0.2) is 42.9 Å². The molecule has 1 aromatic carbocycles. The van der Waals surface area contributed by atoms with Crippen molar-refractivity contribution in [1.82, 2.24) is 10.2 Å². The smallest absolute Gasteiger partial charge is 0.313 e. The molecule has 0 bridgehead atoms. The molecule has 2 rings (SSSR count). The van der Waals surface area contributed by atoms with Crippen LogP contribution in [0, 0.1) is 5.92 Å². The monoisotopic (exact) mass is 359 g/mol. The van der Waals surface area contributed by atoms with Crippen LogP contribution in [0.2, 0.25) is 0 Å². The lowest BCUT2D eigenvalue weighted by molar-refractivity contribution is -0.136. The van der Waals surface area contributed by atoms with Crippen LogP contribution in [-0.2, 0) is 9.59 Å². The van der Waals surface area contributed by atoms with Gasteiger partial charge >= 0.3 is 11.8 Å². The highest BCUT2D eigenvalue weighted by molar-refractivity contribution is 6.39. The average molecular weight is 360 g/mol. The summed E-state index contributed by atoms with van der Waals surface area (Å²) in [4.78, 5) is 26.3. The summed E-state index contributed by atoms with van der Waals surface area (Å²) in [5.74, 6) is 0.0645. The molecule has 2 N–H and O–H groups in total. The van der Waals surface area contributed by atoms with E-state index in [1.807, 2.05) is 24.3 Å². The Morgan fingerprint density at radius 3 is 2.54 bits per heavy atom. The molecule has 1 heterocycles. The molecule has 1 atom stereocenters. The van der Waals surface area contributed by atoms with E-state index < -0.39 is 11.8 Å². The zero-order chi connectivity index (χ0) is 18.9. The molecule has 0 saturated carbocycles. The topological polar surface area (TPSA) is 61.4 Å². The van der Waals surface area contributed by atoms with Gasteiger partial charge in [0.1, 0.15) is 0 Å². The van der Waals surface area contributed by atoms with E-state index >= 15 is 0 Å². The highest BCUT2D eigenvalue weighted by atomic mass is 16.2. The van der Waals surface area contributed by atoms with E-state index in [1.54, 1.807) is 0 Å². The molecule has 1 unspecified atom stereocenters. The van der Waals surface area contributed by atoms with Crippen LogP contribution in [0.5, 0.6) is 0 Å². The Kier molecular flexibility index (Phi) is 8.10. The number of hydrogen-bond donors (Lipinski definition) is 2. The molecule has 2 amide bonds. The molecule has 0 aliphatic carbocycles. The Labute approximate surface area is 157 Å². The fourth-order valence-corrected chi connectivity index (χ4v) is 3.37. The largest absolute Gasteiger partial charge is 0.348 e. The maximum atomic E-state index is 11.9. The highest BCUT2D eigenvalue weighted by Crippen LogP contribution is 2.17. The van der Waals surface area contributed by atoms with E-state index in [9.17, 15) is 9.59 Å². The number of carbonyl (C=O) groups is 2. The first-order valence-corrected chi connectivity index (χ1v) is 9.87. The lowest BCUT2D eigenvalue weighted by atomic mass is 10.0. The number of rotatable bonds is 7. The first kappa shape index (κ1) is 20.4. The molecule has 26 heavy (non-hydrogen) atoms. The van der Waals surface area contributed by atoms with Crippen LogP contribution in [0.25, 0.3) is 0 Å². The van der Waals surface area contributed by atoms with Crippen molar-refractivity contribution in [1.29, 1.82) is 0 Å². The molecule has 1 aliphatic rings. The minimum Gasteiger partial charge on any atom is -0.348 e. The van der Waals surface area contributed by atoms with Crippen molar-refractivity contribution in [2.45, 2.75) is 52.4 Å². The van der Waals surface area contributed by atoms with Crippen LogP contribution in [0.4, 0.5) is 5.69 Å². The van der Waals surface area contributed by atoms with Gasteiger partial charge in [-0.25, -0.2) is 0 Å². The number of piperidine rings is 1. The van der Waals surface area contributed by atoms with Gasteiger partial charge in [0.05, 0.1) is 0 Å². The number of hydrogen-bond acceptors (Lipinski definition) is 3. The first-order chi connectivity index (χ1) is 12.5. The summed E-state index contributed by atoms with van der Waals surface area (Å²) in [5, 5.41) is 5.36. The van der Waals surface area contributed by atoms with Gasteiger partial charge in [0.15, 0.2) is 0 Å². The Balaban J connectivity index is 1.62. The zero-order valence-electron chi connectivity index (χ0n) is 16.4. The van der Waals surface area contributed by atoms with Gasteiger partial charge in [0.2, 0.25) is 0 Å². The van der Waals surface area contributed by atoms with Crippen LogP contribution in [0.1, 0.15) is 57.9 Å². The molecule has 5 nitrogen and oxygen atoms in total. The fourth-order valence-electron chi connectivity index (χ4n) is 3.37. The third-order valence-electron chi connectivity index (χ3n) is 4.97. The van der Waals surface area contributed by atoms with Gasteiger partial charge in [0, 0.05) is 18.8 Å². The second kappa shape index (κ2) is 10.3. The summed E-state index contributed by atoms with van der Waals surface area (Å²) in [6.45, 7) is 10.5. The van der Waals surface area contributed by atoms with Crippen molar-refractivity contribution in [3.8, 4) is 0 Å². The van der Waals surface area contributed by atoms with Crippen LogP contribution in [0.15, 0.2) is 24.3 Å². The van der Waals surface area contributed by atoms with Gasteiger partial charge < -0.3 is 15.5 Å². The second-order valence-corrected chi connectivity index (χ2v) is 7.74. The molecule has 1 saturated heterocycles. The van der Waals surface area contributed by atoms with Crippen molar-refractivity contribution < 1.29 is 9.59 Å². The molecule has 1 fully saturated rings. The maximum absolute atomic E-state index is 11.9. The Morgan fingerprint density at radius 1 is 1.15 bits per heavy atom. The highest BCUT2D eigenvalue weighted by Gasteiger charge is 2.16. The molecule has 144 valence electrons. The number of nitrogens with one attached hydrogen (secondary N) is 2. The van der Waals surface area contributed by atoms with Crippen molar-refractivity contribution in [3.63, 3.8) is 0 Å². The quantitative estimate of drug-likeness (QED) is 0.579. The standard InChI is InChI=1S/C21H33N3O2/c1-16(2)18-8-10-19(11-9-18)23-21(26)20(25)22-12-4-5-13-24-14-6-7-17(3)15-24/h8-11,16-17H,4-7,12-15H2,1-3H3,(H,22,25)(H,23,26). The normalized spacial score (nSPS) is 17.9. The number of nitrogens with zero attached hydrogens (tertiary/aromatic N) is 1. The van der Waals surface area contributed by atoms with E-state index in [2.05, 4.69) is 36.3 Å². The van der Waals surface area contributed by atoms with Crippen LogP contribution in [0.3, 0.4) is 0 Å². The van der Waals surface area contributed by atoms with Gasteiger partial charge in [-0.1, -0.05) is 32.9 Å². The van der Waals surface area contributed by atoms with Crippen molar-refractivity contribution >= 4 is 17.5 Å². The molecule has 1 aromatic rings. The van der Waals surface area contributed by atoms with Crippen molar-refractivity contribution in [3.05, 3.63) is 29.8 Å². The van der Waals surface area contributed by atoms with Gasteiger partial charge in [-0.05, 0) is 68.3 Å². The van der Waals surface area contributed by atoms with E-state index in [0.717, 1.165) is 25.3 Å². The number of unbranched alkanes of at least 4 members (excludes halogenated alkanes) is 1. The van der Waals surface area contributed by atoms with E-state index in [1.165, 1.54) is 31.5 Å². The van der Waals surface area contributed by atoms with Gasteiger partial charge in [-0.15, -0.1) is 0 Å².